The Balaban J connectivity index is 1.58. The summed E-state index contributed by atoms with van der Waals surface area (Å²) in [6.07, 6.45) is 6.43. The SMILES string of the molecule is Nc1cnc(-c2cccc(C(=O)NCCN3CCCCC3CO)c2)cn1. The zero-order valence-electron chi connectivity index (χ0n) is 14.8. The Morgan fingerprint density at radius 3 is 2.96 bits per heavy atom. The molecule has 1 unspecified atom stereocenters. The lowest BCUT2D eigenvalue weighted by Gasteiger charge is -2.34. The van der Waals surface area contributed by atoms with Crippen LogP contribution >= 0.6 is 0 Å². The van der Waals surface area contributed by atoms with Gasteiger partial charge in [0, 0.05) is 30.3 Å². The molecule has 3 rings (SSSR count). The van der Waals surface area contributed by atoms with Gasteiger partial charge in [-0.05, 0) is 31.5 Å². The molecule has 0 bridgehead atoms. The van der Waals surface area contributed by atoms with E-state index in [1.54, 1.807) is 18.3 Å². The first-order valence-electron chi connectivity index (χ1n) is 8.98. The van der Waals surface area contributed by atoms with Gasteiger partial charge < -0.3 is 16.2 Å². The third kappa shape index (κ3) is 4.56. The molecule has 0 aliphatic carbocycles. The van der Waals surface area contributed by atoms with E-state index in [9.17, 15) is 9.90 Å². The van der Waals surface area contributed by atoms with Crippen LogP contribution in [-0.2, 0) is 0 Å². The molecule has 7 heteroatoms. The number of hydrogen-bond acceptors (Lipinski definition) is 6. The Bertz CT molecular complexity index is 735. The third-order valence-corrected chi connectivity index (χ3v) is 4.74. The van der Waals surface area contributed by atoms with Crippen LogP contribution in [0.1, 0.15) is 29.6 Å². The molecule has 1 aliphatic rings. The second-order valence-corrected chi connectivity index (χ2v) is 6.53. The number of piperidine rings is 1. The highest BCUT2D eigenvalue weighted by Crippen LogP contribution is 2.18. The van der Waals surface area contributed by atoms with E-state index in [-0.39, 0.29) is 18.6 Å². The van der Waals surface area contributed by atoms with Crippen molar-refractivity contribution in [1.29, 1.82) is 0 Å². The number of aliphatic hydroxyl groups is 1. The molecule has 138 valence electrons. The minimum absolute atomic E-state index is 0.118. The summed E-state index contributed by atoms with van der Waals surface area (Å²) in [4.78, 5) is 23.0. The first-order valence-corrected chi connectivity index (χ1v) is 8.98. The van der Waals surface area contributed by atoms with E-state index in [4.69, 9.17) is 5.73 Å². The highest BCUT2D eigenvalue weighted by Gasteiger charge is 2.21. The minimum Gasteiger partial charge on any atom is -0.395 e. The van der Waals surface area contributed by atoms with Gasteiger partial charge in [0.1, 0.15) is 5.82 Å². The second kappa shape index (κ2) is 8.73. The maximum absolute atomic E-state index is 12.4. The molecule has 1 fully saturated rings. The largest absolute Gasteiger partial charge is 0.395 e. The zero-order valence-corrected chi connectivity index (χ0v) is 14.8. The summed E-state index contributed by atoms with van der Waals surface area (Å²) in [5.41, 5.74) is 7.64. The fraction of sp³-hybridized carbons (Fsp3) is 0.421. The van der Waals surface area contributed by atoms with Crippen molar-refractivity contribution in [1.82, 2.24) is 20.2 Å². The van der Waals surface area contributed by atoms with Crippen LogP contribution in [0.25, 0.3) is 11.3 Å². The van der Waals surface area contributed by atoms with Crippen LogP contribution in [0.2, 0.25) is 0 Å². The van der Waals surface area contributed by atoms with Gasteiger partial charge in [-0.25, -0.2) is 4.98 Å². The lowest BCUT2D eigenvalue weighted by atomic mass is 10.0. The first-order chi connectivity index (χ1) is 12.7. The predicted molar refractivity (Wildman–Crippen MR) is 101 cm³/mol. The van der Waals surface area contributed by atoms with E-state index in [2.05, 4.69) is 20.2 Å². The molecule has 1 atom stereocenters. The van der Waals surface area contributed by atoms with E-state index in [1.807, 2.05) is 12.1 Å². The number of nitrogens with zero attached hydrogens (tertiary/aromatic N) is 3. The number of nitrogen functional groups attached to an aromatic ring is 1. The second-order valence-electron chi connectivity index (χ2n) is 6.53. The number of carbonyl (C=O) groups excluding carboxylic acids is 1. The van der Waals surface area contributed by atoms with Crippen molar-refractivity contribution in [2.75, 3.05) is 32.0 Å². The third-order valence-electron chi connectivity index (χ3n) is 4.74. The number of amides is 1. The Morgan fingerprint density at radius 1 is 1.31 bits per heavy atom. The molecule has 1 aromatic heterocycles. The molecule has 1 aliphatic heterocycles. The highest BCUT2D eigenvalue weighted by atomic mass is 16.3. The van der Waals surface area contributed by atoms with Gasteiger partial charge in [0.15, 0.2) is 0 Å². The standard InChI is InChI=1S/C19H25N5O2/c20-18-12-22-17(11-23-18)14-4-3-5-15(10-14)19(26)21-7-9-24-8-2-1-6-16(24)13-25/h3-5,10-12,16,25H,1-2,6-9,13H2,(H2,20,23)(H,21,26). The number of anilines is 1. The predicted octanol–water partition coefficient (Wildman–Crippen LogP) is 1.30. The van der Waals surface area contributed by atoms with Crippen LogP contribution in [0.3, 0.4) is 0 Å². The smallest absolute Gasteiger partial charge is 0.251 e. The molecular formula is C19H25N5O2. The normalized spacial score (nSPS) is 17.8. The first kappa shape index (κ1) is 18.3. The molecular weight excluding hydrogens is 330 g/mol. The lowest BCUT2D eigenvalue weighted by Crippen LogP contribution is -2.45. The molecule has 2 heterocycles. The van der Waals surface area contributed by atoms with Crippen molar-refractivity contribution in [2.45, 2.75) is 25.3 Å². The van der Waals surface area contributed by atoms with Gasteiger partial charge in [-0.2, -0.15) is 0 Å². The molecule has 2 aromatic rings. The van der Waals surface area contributed by atoms with E-state index in [1.165, 1.54) is 6.20 Å². The number of hydrogen-bond donors (Lipinski definition) is 3. The van der Waals surface area contributed by atoms with E-state index in [0.717, 1.165) is 37.9 Å². The summed E-state index contributed by atoms with van der Waals surface area (Å²) in [7, 11) is 0. The minimum atomic E-state index is -0.118. The van der Waals surface area contributed by atoms with E-state index >= 15 is 0 Å². The molecule has 1 amide bonds. The highest BCUT2D eigenvalue weighted by molar-refractivity contribution is 5.95. The average molecular weight is 355 g/mol. The van der Waals surface area contributed by atoms with Gasteiger partial charge in [-0.3, -0.25) is 14.7 Å². The van der Waals surface area contributed by atoms with Crippen LogP contribution in [0, 0.1) is 0 Å². The van der Waals surface area contributed by atoms with Crippen molar-refractivity contribution in [3.8, 4) is 11.3 Å². The van der Waals surface area contributed by atoms with Crippen molar-refractivity contribution < 1.29 is 9.90 Å². The van der Waals surface area contributed by atoms with E-state index in [0.29, 0.717) is 23.6 Å². The molecule has 0 saturated carbocycles. The quantitative estimate of drug-likeness (QED) is 0.721. The molecule has 1 aromatic carbocycles. The van der Waals surface area contributed by atoms with Crippen molar-refractivity contribution in [3.05, 3.63) is 42.2 Å². The van der Waals surface area contributed by atoms with Crippen LogP contribution in [0.5, 0.6) is 0 Å². The van der Waals surface area contributed by atoms with Gasteiger partial charge in [0.2, 0.25) is 0 Å². The van der Waals surface area contributed by atoms with Crippen molar-refractivity contribution >= 4 is 11.7 Å². The van der Waals surface area contributed by atoms with Gasteiger partial charge >= 0.3 is 0 Å². The molecule has 0 spiro atoms. The van der Waals surface area contributed by atoms with Gasteiger partial charge in [0.05, 0.1) is 24.7 Å². The Morgan fingerprint density at radius 2 is 2.19 bits per heavy atom. The van der Waals surface area contributed by atoms with Crippen LogP contribution in [0.15, 0.2) is 36.7 Å². The number of rotatable bonds is 6. The van der Waals surface area contributed by atoms with Crippen LogP contribution in [-0.4, -0.2) is 58.2 Å². The number of likely N-dealkylation sites (tertiary alicyclic amines) is 1. The number of aliphatic hydroxyl groups excluding tert-OH is 1. The fourth-order valence-electron chi connectivity index (χ4n) is 3.28. The zero-order chi connectivity index (χ0) is 18.4. The molecule has 26 heavy (non-hydrogen) atoms. The lowest BCUT2D eigenvalue weighted by molar-refractivity contribution is 0.0849. The Labute approximate surface area is 153 Å². The van der Waals surface area contributed by atoms with Crippen molar-refractivity contribution in [3.63, 3.8) is 0 Å². The molecule has 0 radical (unpaired) electrons. The number of benzene rings is 1. The molecule has 4 N–H and O–H groups in total. The van der Waals surface area contributed by atoms with Crippen molar-refractivity contribution in [2.24, 2.45) is 0 Å². The summed E-state index contributed by atoms with van der Waals surface area (Å²) in [6.45, 7) is 2.46. The summed E-state index contributed by atoms with van der Waals surface area (Å²) in [5, 5.41) is 12.4. The van der Waals surface area contributed by atoms with Gasteiger partial charge in [-0.1, -0.05) is 18.6 Å². The van der Waals surface area contributed by atoms with Crippen LogP contribution in [0.4, 0.5) is 5.82 Å². The number of nitrogens with one attached hydrogen (secondary N) is 1. The summed E-state index contributed by atoms with van der Waals surface area (Å²) in [5.74, 6) is 0.245. The molecule has 7 nitrogen and oxygen atoms in total. The maximum Gasteiger partial charge on any atom is 0.251 e. The topological polar surface area (TPSA) is 104 Å². The Hall–Kier alpha value is -2.51. The fourth-order valence-corrected chi connectivity index (χ4v) is 3.28. The Kier molecular flexibility index (Phi) is 6.14. The number of carbonyl (C=O) groups is 1. The number of nitrogens with two attached hydrogens (primary N) is 1. The van der Waals surface area contributed by atoms with Gasteiger partial charge in [-0.15, -0.1) is 0 Å². The number of aromatic nitrogens is 2. The average Bonchev–Trinajstić information content (AvgIpc) is 2.69. The monoisotopic (exact) mass is 355 g/mol. The summed E-state index contributed by atoms with van der Waals surface area (Å²) >= 11 is 0. The maximum atomic E-state index is 12.4. The van der Waals surface area contributed by atoms with E-state index < -0.39 is 0 Å². The van der Waals surface area contributed by atoms with Gasteiger partial charge in [0.25, 0.3) is 5.91 Å². The summed E-state index contributed by atoms with van der Waals surface area (Å²) < 4.78 is 0. The van der Waals surface area contributed by atoms with Crippen LogP contribution < -0.4 is 11.1 Å². The summed E-state index contributed by atoms with van der Waals surface area (Å²) in [6, 6.07) is 7.51. The molecule has 1 saturated heterocycles.